The molecule has 1 saturated heterocycles. The van der Waals surface area contributed by atoms with Crippen molar-refractivity contribution in [3.05, 3.63) is 56.6 Å². The van der Waals surface area contributed by atoms with Crippen molar-refractivity contribution in [1.82, 2.24) is 0 Å². The second kappa shape index (κ2) is 6.27. The van der Waals surface area contributed by atoms with Gasteiger partial charge in [0.15, 0.2) is 0 Å². The van der Waals surface area contributed by atoms with Gasteiger partial charge in [0.25, 0.3) is 5.69 Å². The molecule has 0 aromatic heterocycles. The number of anilines is 1. The maximum atomic E-state index is 13.2. The van der Waals surface area contributed by atoms with E-state index in [0.717, 1.165) is 12.8 Å². The molecular formula is C21H19ClN2O4. The number of carbonyl (C=O) groups is 2. The van der Waals surface area contributed by atoms with Crippen molar-refractivity contribution in [3.8, 4) is 0 Å². The highest BCUT2D eigenvalue weighted by atomic mass is 35.5. The Kier molecular flexibility index (Phi) is 3.95. The summed E-state index contributed by atoms with van der Waals surface area (Å²) >= 11 is 6.00. The topological polar surface area (TPSA) is 80.5 Å². The molecule has 2 amide bonds. The summed E-state index contributed by atoms with van der Waals surface area (Å²) in [5.74, 6) is -1.13. The Hall–Kier alpha value is -2.47. The SMILES string of the molecule is O=C1[C@@H]2[C@H](C(=O)N1c1ccc([N+](=O)[O-])c(Cl)c1)[C@H]1C=C[C@@H]2C1=C1CCCCC1. The second-order valence-corrected chi connectivity index (χ2v) is 8.42. The normalized spacial score (nSPS) is 31.1. The smallest absolute Gasteiger partial charge is 0.274 e. The highest BCUT2D eigenvalue weighted by molar-refractivity contribution is 6.33. The minimum atomic E-state index is -0.582. The molecule has 1 aromatic carbocycles. The molecule has 144 valence electrons. The molecule has 4 aliphatic rings. The summed E-state index contributed by atoms with van der Waals surface area (Å²) in [6, 6.07) is 4.01. The predicted octanol–water partition coefficient (Wildman–Crippen LogP) is 4.43. The molecule has 1 aromatic rings. The number of halogens is 1. The largest absolute Gasteiger partial charge is 0.288 e. The van der Waals surface area contributed by atoms with E-state index in [1.165, 1.54) is 53.5 Å². The van der Waals surface area contributed by atoms with E-state index < -0.39 is 4.92 Å². The lowest BCUT2D eigenvalue weighted by Gasteiger charge is -2.23. The van der Waals surface area contributed by atoms with E-state index in [1.807, 2.05) is 0 Å². The lowest BCUT2D eigenvalue weighted by molar-refractivity contribution is -0.384. The molecule has 6 nitrogen and oxygen atoms in total. The average molecular weight is 399 g/mol. The van der Waals surface area contributed by atoms with Crippen molar-refractivity contribution in [2.45, 2.75) is 32.1 Å². The Labute approximate surface area is 167 Å². The van der Waals surface area contributed by atoms with Crippen molar-refractivity contribution in [2.75, 3.05) is 4.90 Å². The van der Waals surface area contributed by atoms with E-state index in [4.69, 9.17) is 11.6 Å². The number of rotatable bonds is 2. The maximum Gasteiger partial charge on any atom is 0.288 e. The number of hydrogen-bond donors (Lipinski definition) is 0. The molecule has 4 atom stereocenters. The third-order valence-electron chi connectivity index (χ3n) is 6.67. The van der Waals surface area contributed by atoms with Gasteiger partial charge in [-0.05, 0) is 37.8 Å². The van der Waals surface area contributed by atoms with Crippen LogP contribution >= 0.6 is 11.6 Å². The van der Waals surface area contributed by atoms with Gasteiger partial charge < -0.3 is 0 Å². The first kappa shape index (κ1) is 17.6. The molecule has 5 rings (SSSR count). The minimum Gasteiger partial charge on any atom is -0.274 e. The van der Waals surface area contributed by atoms with Gasteiger partial charge in [0.2, 0.25) is 11.8 Å². The zero-order valence-corrected chi connectivity index (χ0v) is 15.9. The lowest BCUT2D eigenvalue weighted by Crippen LogP contribution is -2.33. The molecule has 0 unspecified atom stereocenters. The highest BCUT2D eigenvalue weighted by Crippen LogP contribution is 2.58. The summed E-state index contributed by atoms with van der Waals surface area (Å²) < 4.78 is 0. The molecule has 1 aliphatic heterocycles. The Bertz CT molecular complexity index is 941. The average Bonchev–Trinajstić information content (AvgIpc) is 3.32. The molecule has 3 aliphatic carbocycles. The zero-order chi connectivity index (χ0) is 19.6. The van der Waals surface area contributed by atoms with E-state index in [1.54, 1.807) is 0 Å². The number of nitrogens with zero attached hydrogens (tertiary/aromatic N) is 2. The van der Waals surface area contributed by atoms with Crippen LogP contribution in [0.4, 0.5) is 11.4 Å². The van der Waals surface area contributed by atoms with Crippen LogP contribution in [-0.4, -0.2) is 16.7 Å². The fourth-order valence-corrected chi connectivity index (χ4v) is 5.78. The van der Waals surface area contributed by atoms with Gasteiger partial charge in [-0.2, -0.15) is 0 Å². The van der Waals surface area contributed by atoms with Crippen molar-refractivity contribution < 1.29 is 14.5 Å². The summed E-state index contributed by atoms with van der Waals surface area (Å²) in [7, 11) is 0. The molecule has 2 saturated carbocycles. The molecule has 0 spiro atoms. The Morgan fingerprint density at radius 2 is 1.61 bits per heavy atom. The standard InChI is InChI=1S/C21H19ClN2O4/c22-15-10-12(6-9-16(15)24(27)28)23-20(25)18-13-7-8-14(19(18)21(23)26)17(13)11-4-2-1-3-5-11/h6-10,13-14,18-19H,1-5H2/t13-,14+,18+,19-. The van der Waals surface area contributed by atoms with Crippen LogP contribution in [0.2, 0.25) is 5.02 Å². The summed E-state index contributed by atoms with van der Waals surface area (Å²) in [5.41, 5.74) is 2.84. The van der Waals surface area contributed by atoms with Gasteiger partial charge >= 0.3 is 0 Å². The Morgan fingerprint density at radius 3 is 2.14 bits per heavy atom. The number of fused-ring (bicyclic) bond motifs is 5. The van der Waals surface area contributed by atoms with Gasteiger partial charge in [-0.15, -0.1) is 0 Å². The van der Waals surface area contributed by atoms with Crippen LogP contribution in [0.1, 0.15) is 32.1 Å². The van der Waals surface area contributed by atoms with Gasteiger partial charge in [-0.25, -0.2) is 4.90 Å². The zero-order valence-electron chi connectivity index (χ0n) is 15.1. The van der Waals surface area contributed by atoms with Crippen molar-refractivity contribution in [2.24, 2.45) is 23.7 Å². The Morgan fingerprint density at radius 1 is 1.00 bits per heavy atom. The molecule has 3 fully saturated rings. The number of amides is 2. The van der Waals surface area contributed by atoms with E-state index in [9.17, 15) is 19.7 Å². The third kappa shape index (κ3) is 2.33. The van der Waals surface area contributed by atoms with Crippen molar-refractivity contribution in [3.63, 3.8) is 0 Å². The lowest BCUT2D eigenvalue weighted by atomic mass is 9.85. The van der Waals surface area contributed by atoms with Crippen LogP contribution in [0.25, 0.3) is 0 Å². The Balaban J connectivity index is 1.50. The minimum absolute atomic E-state index is 0.0121. The first-order valence-corrected chi connectivity index (χ1v) is 10.1. The van der Waals surface area contributed by atoms with Crippen molar-refractivity contribution in [1.29, 1.82) is 0 Å². The quantitative estimate of drug-likeness (QED) is 0.319. The number of allylic oxidation sites excluding steroid dienone is 4. The second-order valence-electron chi connectivity index (χ2n) is 8.01. The molecule has 0 radical (unpaired) electrons. The van der Waals surface area contributed by atoms with Gasteiger partial charge in [-0.1, -0.05) is 41.3 Å². The van der Waals surface area contributed by atoms with E-state index in [0.29, 0.717) is 5.69 Å². The van der Waals surface area contributed by atoms with Gasteiger partial charge in [0.05, 0.1) is 22.4 Å². The van der Waals surface area contributed by atoms with Gasteiger partial charge in [0.1, 0.15) is 5.02 Å². The third-order valence-corrected chi connectivity index (χ3v) is 6.97. The number of nitro benzene ring substituents is 1. The first-order chi connectivity index (χ1) is 13.5. The monoisotopic (exact) mass is 398 g/mol. The van der Waals surface area contributed by atoms with E-state index in [-0.39, 0.29) is 46.2 Å². The first-order valence-electron chi connectivity index (χ1n) is 9.71. The van der Waals surface area contributed by atoms with Gasteiger partial charge in [0, 0.05) is 17.9 Å². The number of benzene rings is 1. The van der Waals surface area contributed by atoms with E-state index >= 15 is 0 Å². The van der Waals surface area contributed by atoms with Crippen LogP contribution in [0, 0.1) is 33.8 Å². The summed E-state index contributed by atoms with van der Waals surface area (Å²) in [6.07, 6.45) is 9.96. The molecule has 28 heavy (non-hydrogen) atoms. The predicted molar refractivity (Wildman–Crippen MR) is 104 cm³/mol. The van der Waals surface area contributed by atoms with Gasteiger partial charge in [-0.3, -0.25) is 19.7 Å². The number of hydrogen-bond acceptors (Lipinski definition) is 4. The maximum absolute atomic E-state index is 13.2. The van der Waals surface area contributed by atoms with Crippen LogP contribution in [-0.2, 0) is 9.59 Å². The molecule has 0 N–H and O–H groups in total. The fraction of sp³-hybridized carbons (Fsp3) is 0.429. The number of imide groups is 1. The van der Waals surface area contributed by atoms with Crippen molar-refractivity contribution >= 4 is 34.8 Å². The number of nitro groups is 1. The molecule has 7 heteroatoms. The molecule has 2 bridgehead atoms. The fourth-order valence-electron chi connectivity index (χ4n) is 5.54. The molecule has 1 heterocycles. The highest BCUT2D eigenvalue weighted by Gasteiger charge is 2.62. The summed E-state index contributed by atoms with van der Waals surface area (Å²) in [5, 5.41) is 10.9. The van der Waals surface area contributed by atoms with Crippen LogP contribution < -0.4 is 4.90 Å². The molecular weight excluding hydrogens is 380 g/mol. The summed E-state index contributed by atoms with van der Waals surface area (Å²) in [4.78, 5) is 38.0. The van der Waals surface area contributed by atoms with Crippen LogP contribution in [0.5, 0.6) is 0 Å². The van der Waals surface area contributed by atoms with E-state index in [2.05, 4.69) is 12.2 Å². The summed E-state index contributed by atoms with van der Waals surface area (Å²) in [6.45, 7) is 0. The number of carbonyl (C=O) groups excluding carboxylic acids is 2. The van der Waals surface area contributed by atoms with Crippen LogP contribution in [0.3, 0.4) is 0 Å². The van der Waals surface area contributed by atoms with Crippen LogP contribution in [0.15, 0.2) is 41.5 Å².